The van der Waals surface area contributed by atoms with Crippen LogP contribution in [0, 0.1) is 16.7 Å². The molecule has 2 aliphatic carbocycles. The SMILES string of the molecule is CCOC(=O)CCSC1CC2CCC1(C)C2(C)C. The number of fused-ring (bicyclic) bond motifs is 2. The van der Waals surface area contributed by atoms with Gasteiger partial charge in [-0.15, -0.1) is 0 Å². The zero-order valence-electron chi connectivity index (χ0n) is 12.1. The van der Waals surface area contributed by atoms with Crippen molar-refractivity contribution in [2.24, 2.45) is 16.7 Å². The van der Waals surface area contributed by atoms with Crippen LogP contribution in [0.25, 0.3) is 0 Å². The van der Waals surface area contributed by atoms with Crippen LogP contribution in [0.2, 0.25) is 0 Å². The Labute approximate surface area is 115 Å². The topological polar surface area (TPSA) is 26.3 Å². The van der Waals surface area contributed by atoms with Gasteiger partial charge in [-0.25, -0.2) is 0 Å². The lowest BCUT2D eigenvalue weighted by Gasteiger charge is -2.39. The predicted molar refractivity (Wildman–Crippen MR) is 76.7 cm³/mol. The van der Waals surface area contributed by atoms with E-state index < -0.39 is 0 Å². The fourth-order valence-corrected chi connectivity index (χ4v) is 5.63. The molecule has 2 nitrogen and oxygen atoms in total. The second kappa shape index (κ2) is 5.07. The van der Waals surface area contributed by atoms with Crippen molar-refractivity contribution in [3.63, 3.8) is 0 Å². The Morgan fingerprint density at radius 1 is 1.39 bits per heavy atom. The highest BCUT2D eigenvalue weighted by Gasteiger charge is 2.61. The first-order chi connectivity index (χ1) is 8.41. The monoisotopic (exact) mass is 270 g/mol. The standard InChI is InChI=1S/C15H26O2S/c1-5-17-13(16)7-9-18-12-10-11-6-8-15(12,4)14(11,2)3/h11-12H,5-10H2,1-4H3. The number of ether oxygens (including phenoxy) is 1. The second-order valence-corrected chi connectivity index (χ2v) is 7.84. The molecule has 2 fully saturated rings. The smallest absolute Gasteiger partial charge is 0.306 e. The van der Waals surface area contributed by atoms with Gasteiger partial charge in [0.15, 0.2) is 0 Å². The lowest BCUT2D eigenvalue weighted by atomic mass is 9.71. The molecule has 2 saturated carbocycles. The molecular weight excluding hydrogens is 244 g/mol. The average molecular weight is 270 g/mol. The van der Waals surface area contributed by atoms with Crippen LogP contribution in [0.4, 0.5) is 0 Å². The van der Waals surface area contributed by atoms with E-state index in [0.29, 0.717) is 23.9 Å². The molecule has 0 heterocycles. The fourth-order valence-electron chi connectivity index (χ4n) is 3.90. The first-order valence-corrected chi connectivity index (χ1v) is 8.24. The zero-order chi connectivity index (χ0) is 13.4. The summed E-state index contributed by atoms with van der Waals surface area (Å²) in [4.78, 5) is 11.3. The lowest BCUT2D eigenvalue weighted by Crippen LogP contribution is -2.34. The average Bonchev–Trinajstić information content (AvgIpc) is 2.62. The van der Waals surface area contributed by atoms with Crippen LogP contribution in [0.3, 0.4) is 0 Å². The van der Waals surface area contributed by atoms with Gasteiger partial charge in [0.2, 0.25) is 0 Å². The lowest BCUT2D eigenvalue weighted by molar-refractivity contribution is -0.142. The summed E-state index contributed by atoms with van der Waals surface area (Å²) >= 11 is 2.00. The summed E-state index contributed by atoms with van der Waals surface area (Å²) in [5.41, 5.74) is 0.950. The molecule has 0 N–H and O–H groups in total. The first-order valence-electron chi connectivity index (χ1n) is 7.19. The van der Waals surface area contributed by atoms with Gasteiger partial charge in [-0.2, -0.15) is 11.8 Å². The number of carbonyl (C=O) groups is 1. The summed E-state index contributed by atoms with van der Waals surface area (Å²) in [7, 11) is 0. The third-order valence-electron chi connectivity index (χ3n) is 5.64. The van der Waals surface area contributed by atoms with Crippen molar-refractivity contribution in [1.29, 1.82) is 0 Å². The summed E-state index contributed by atoms with van der Waals surface area (Å²) in [6.07, 6.45) is 4.67. The molecule has 2 aliphatic rings. The van der Waals surface area contributed by atoms with Gasteiger partial charge < -0.3 is 4.74 Å². The molecule has 0 aromatic carbocycles. The highest BCUT2D eigenvalue weighted by atomic mass is 32.2. The molecule has 0 saturated heterocycles. The maximum atomic E-state index is 11.3. The summed E-state index contributed by atoms with van der Waals surface area (Å²) in [5.74, 6) is 1.77. The van der Waals surface area contributed by atoms with Gasteiger partial charge in [0.05, 0.1) is 13.0 Å². The van der Waals surface area contributed by atoms with E-state index in [9.17, 15) is 4.79 Å². The number of hydrogen-bond acceptors (Lipinski definition) is 3. The minimum absolute atomic E-state index is 0.0439. The Morgan fingerprint density at radius 3 is 2.61 bits per heavy atom. The summed E-state index contributed by atoms with van der Waals surface area (Å²) < 4.78 is 4.98. The number of hydrogen-bond donors (Lipinski definition) is 0. The minimum atomic E-state index is -0.0439. The summed E-state index contributed by atoms with van der Waals surface area (Å²) in [6.45, 7) is 9.71. The minimum Gasteiger partial charge on any atom is -0.466 e. The Kier molecular flexibility index (Phi) is 4.01. The molecule has 104 valence electrons. The van der Waals surface area contributed by atoms with Crippen molar-refractivity contribution in [3.8, 4) is 0 Å². The number of carbonyl (C=O) groups excluding carboxylic acids is 1. The quantitative estimate of drug-likeness (QED) is 0.709. The van der Waals surface area contributed by atoms with Gasteiger partial charge in [0, 0.05) is 11.0 Å². The van der Waals surface area contributed by atoms with Crippen LogP contribution >= 0.6 is 11.8 Å². The van der Waals surface area contributed by atoms with Crippen LogP contribution < -0.4 is 0 Å². The second-order valence-electron chi connectivity index (χ2n) is 6.52. The molecule has 3 heteroatoms. The maximum Gasteiger partial charge on any atom is 0.306 e. The largest absolute Gasteiger partial charge is 0.466 e. The Morgan fingerprint density at radius 2 is 2.11 bits per heavy atom. The highest BCUT2D eigenvalue weighted by molar-refractivity contribution is 7.99. The first kappa shape index (κ1) is 14.2. The van der Waals surface area contributed by atoms with Gasteiger partial charge in [0.1, 0.15) is 0 Å². The van der Waals surface area contributed by atoms with Crippen molar-refractivity contribution in [3.05, 3.63) is 0 Å². The molecule has 2 bridgehead atoms. The number of rotatable bonds is 5. The molecule has 0 aliphatic heterocycles. The highest BCUT2D eigenvalue weighted by Crippen LogP contribution is 2.68. The van der Waals surface area contributed by atoms with Gasteiger partial charge in [-0.1, -0.05) is 20.8 Å². The van der Waals surface area contributed by atoms with Gasteiger partial charge in [-0.05, 0) is 42.9 Å². The number of thioether (sulfide) groups is 1. The number of esters is 1. The van der Waals surface area contributed by atoms with Crippen molar-refractivity contribution in [1.82, 2.24) is 0 Å². The molecule has 18 heavy (non-hydrogen) atoms. The Bertz CT molecular complexity index is 326. The van der Waals surface area contributed by atoms with E-state index in [2.05, 4.69) is 20.8 Å². The summed E-state index contributed by atoms with van der Waals surface area (Å²) in [5, 5.41) is 0.737. The van der Waals surface area contributed by atoms with Gasteiger partial charge >= 0.3 is 5.97 Å². The molecule has 3 unspecified atom stereocenters. The van der Waals surface area contributed by atoms with E-state index in [1.54, 1.807) is 0 Å². The molecule has 3 atom stereocenters. The van der Waals surface area contributed by atoms with Crippen molar-refractivity contribution in [2.75, 3.05) is 12.4 Å². The van der Waals surface area contributed by atoms with E-state index in [1.807, 2.05) is 18.7 Å². The third kappa shape index (κ3) is 2.19. The molecule has 0 amide bonds. The molecule has 0 radical (unpaired) electrons. The van der Waals surface area contributed by atoms with Crippen LogP contribution in [0.15, 0.2) is 0 Å². The van der Waals surface area contributed by atoms with E-state index in [-0.39, 0.29) is 5.97 Å². The van der Waals surface area contributed by atoms with E-state index in [0.717, 1.165) is 16.9 Å². The van der Waals surface area contributed by atoms with Crippen LogP contribution in [-0.4, -0.2) is 23.6 Å². The maximum absolute atomic E-state index is 11.3. The van der Waals surface area contributed by atoms with E-state index in [4.69, 9.17) is 4.74 Å². The molecule has 0 aromatic rings. The Hall–Kier alpha value is -0.180. The van der Waals surface area contributed by atoms with Gasteiger partial charge in [-0.3, -0.25) is 4.79 Å². The van der Waals surface area contributed by atoms with E-state index in [1.165, 1.54) is 19.3 Å². The predicted octanol–water partition coefficient (Wildman–Crippen LogP) is 3.89. The van der Waals surface area contributed by atoms with Crippen molar-refractivity contribution < 1.29 is 9.53 Å². The molecular formula is C15H26O2S. The normalized spacial score (nSPS) is 36.9. The van der Waals surface area contributed by atoms with Crippen molar-refractivity contribution >= 4 is 17.7 Å². The molecule has 2 rings (SSSR count). The fraction of sp³-hybridized carbons (Fsp3) is 0.933. The Balaban J connectivity index is 1.84. The van der Waals surface area contributed by atoms with Crippen LogP contribution in [-0.2, 0) is 9.53 Å². The van der Waals surface area contributed by atoms with Crippen LogP contribution in [0.5, 0.6) is 0 Å². The molecule has 0 aromatic heterocycles. The van der Waals surface area contributed by atoms with Gasteiger partial charge in [0.25, 0.3) is 0 Å². The van der Waals surface area contributed by atoms with Crippen LogP contribution in [0.1, 0.15) is 53.4 Å². The summed E-state index contributed by atoms with van der Waals surface area (Å²) in [6, 6.07) is 0. The van der Waals surface area contributed by atoms with Crippen molar-refractivity contribution in [2.45, 2.75) is 58.6 Å². The van der Waals surface area contributed by atoms with E-state index >= 15 is 0 Å². The molecule has 0 spiro atoms. The zero-order valence-corrected chi connectivity index (χ0v) is 12.9. The third-order valence-corrected chi connectivity index (χ3v) is 7.20.